The van der Waals surface area contributed by atoms with Crippen molar-refractivity contribution in [3.63, 3.8) is 0 Å². The van der Waals surface area contributed by atoms with Gasteiger partial charge in [-0.2, -0.15) is 5.10 Å². The van der Waals surface area contributed by atoms with Crippen LogP contribution in [0.25, 0.3) is 0 Å². The number of carbonyl (C=O) groups is 2. The number of methoxy groups -OCH3 is 2. The molecule has 1 fully saturated rings. The number of nitrogens with zero attached hydrogens (tertiary/aromatic N) is 2. The third-order valence-electron chi connectivity index (χ3n) is 5.02. The molecule has 2 aromatic rings. The lowest BCUT2D eigenvalue weighted by Gasteiger charge is -2.16. The molecule has 0 unspecified atom stereocenters. The minimum absolute atomic E-state index is 0.210. The SMILES string of the molecule is COC(=O)Nc1ccc(C(=O)N(C)N=Cc2ccc(OC)c(OC3CCCC3)c2)cc1. The molecule has 164 valence electrons. The van der Waals surface area contributed by atoms with Crippen LogP contribution in [0.15, 0.2) is 47.6 Å². The van der Waals surface area contributed by atoms with Gasteiger partial charge in [0, 0.05) is 18.3 Å². The Bertz CT molecular complexity index is 937. The molecule has 0 aromatic heterocycles. The van der Waals surface area contributed by atoms with Gasteiger partial charge in [0.25, 0.3) is 5.91 Å². The summed E-state index contributed by atoms with van der Waals surface area (Å²) in [5.41, 5.74) is 1.77. The molecule has 0 heterocycles. The number of hydrogen-bond acceptors (Lipinski definition) is 6. The molecule has 2 aromatic carbocycles. The number of hydrogen-bond donors (Lipinski definition) is 1. The maximum absolute atomic E-state index is 12.6. The maximum Gasteiger partial charge on any atom is 0.411 e. The average molecular weight is 425 g/mol. The lowest BCUT2D eigenvalue weighted by molar-refractivity contribution is 0.0800. The quantitative estimate of drug-likeness (QED) is 0.528. The molecule has 1 N–H and O–H groups in total. The van der Waals surface area contributed by atoms with Crippen molar-refractivity contribution in [3.8, 4) is 11.5 Å². The van der Waals surface area contributed by atoms with Gasteiger partial charge in [0.15, 0.2) is 11.5 Å². The molecule has 1 aliphatic carbocycles. The van der Waals surface area contributed by atoms with Gasteiger partial charge in [-0.05, 0) is 73.7 Å². The fourth-order valence-electron chi connectivity index (χ4n) is 3.31. The van der Waals surface area contributed by atoms with E-state index in [9.17, 15) is 9.59 Å². The molecule has 8 nitrogen and oxygen atoms in total. The van der Waals surface area contributed by atoms with E-state index in [1.807, 2.05) is 18.2 Å². The van der Waals surface area contributed by atoms with Crippen LogP contribution in [0.1, 0.15) is 41.6 Å². The van der Waals surface area contributed by atoms with Crippen LogP contribution < -0.4 is 14.8 Å². The first-order chi connectivity index (χ1) is 15.0. The lowest BCUT2D eigenvalue weighted by atomic mass is 10.2. The van der Waals surface area contributed by atoms with Gasteiger partial charge in [-0.25, -0.2) is 9.80 Å². The standard InChI is InChI=1S/C23H27N3O5/c1-26(22(27)17-9-11-18(12-10-17)25-23(28)30-3)24-15-16-8-13-20(29-2)21(14-16)31-19-6-4-5-7-19/h8-15,19H,4-7H2,1-3H3,(H,25,28). The molecule has 0 spiro atoms. The molecule has 1 aliphatic rings. The predicted molar refractivity (Wildman–Crippen MR) is 118 cm³/mol. The van der Waals surface area contributed by atoms with E-state index in [-0.39, 0.29) is 12.0 Å². The number of nitrogens with one attached hydrogen (secondary N) is 1. The Morgan fingerprint density at radius 3 is 2.42 bits per heavy atom. The highest BCUT2D eigenvalue weighted by Crippen LogP contribution is 2.32. The number of benzene rings is 2. The van der Waals surface area contributed by atoms with Crippen LogP contribution in [0.5, 0.6) is 11.5 Å². The van der Waals surface area contributed by atoms with Gasteiger partial charge in [0.05, 0.1) is 26.5 Å². The molecule has 31 heavy (non-hydrogen) atoms. The topological polar surface area (TPSA) is 89.5 Å². The molecule has 0 aliphatic heterocycles. The molecule has 1 saturated carbocycles. The van der Waals surface area contributed by atoms with Crippen molar-refractivity contribution < 1.29 is 23.8 Å². The molecule has 0 radical (unpaired) electrons. The van der Waals surface area contributed by atoms with Crippen LogP contribution in [0.4, 0.5) is 10.5 Å². The van der Waals surface area contributed by atoms with Gasteiger partial charge in [-0.3, -0.25) is 10.1 Å². The van der Waals surface area contributed by atoms with Crippen LogP contribution in [-0.2, 0) is 4.74 Å². The summed E-state index contributed by atoms with van der Waals surface area (Å²) in [5, 5.41) is 8.05. The van der Waals surface area contributed by atoms with Crippen LogP contribution in [0.2, 0.25) is 0 Å². The third-order valence-corrected chi connectivity index (χ3v) is 5.02. The van der Waals surface area contributed by atoms with Crippen molar-refractivity contribution in [2.45, 2.75) is 31.8 Å². The zero-order valence-corrected chi connectivity index (χ0v) is 18.0. The number of rotatable bonds is 7. The Morgan fingerprint density at radius 1 is 1.06 bits per heavy atom. The molecule has 0 saturated heterocycles. The monoisotopic (exact) mass is 425 g/mol. The highest BCUT2D eigenvalue weighted by atomic mass is 16.5. The number of anilines is 1. The van der Waals surface area contributed by atoms with E-state index in [0.29, 0.717) is 22.7 Å². The van der Waals surface area contributed by atoms with Crippen molar-refractivity contribution >= 4 is 23.9 Å². The van der Waals surface area contributed by atoms with Gasteiger partial charge < -0.3 is 14.2 Å². The van der Waals surface area contributed by atoms with Gasteiger partial charge in [0.2, 0.25) is 0 Å². The fourth-order valence-corrected chi connectivity index (χ4v) is 3.31. The first-order valence-electron chi connectivity index (χ1n) is 10.1. The van der Waals surface area contributed by atoms with Gasteiger partial charge in [0.1, 0.15) is 0 Å². The Balaban J connectivity index is 1.66. The molecular weight excluding hydrogens is 398 g/mol. The summed E-state index contributed by atoms with van der Waals surface area (Å²) in [7, 11) is 4.48. The number of amides is 2. The second-order valence-electron chi connectivity index (χ2n) is 7.20. The second-order valence-corrected chi connectivity index (χ2v) is 7.20. The van der Waals surface area contributed by atoms with Crippen LogP contribution in [-0.4, -0.2) is 50.6 Å². The summed E-state index contributed by atoms with van der Waals surface area (Å²) >= 11 is 0. The fraction of sp³-hybridized carbons (Fsp3) is 0.348. The normalized spacial score (nSPS) is 13.8. The number of ether oxygens (including phenoxy) is 3. The summed E-state index contributed by atoms with van der Waals surface area (Å²) in [6.45, 7) is 0. The zero-order chi connectivity index (χ0) is 22.2. The third kappa shape index (κ3) is 5.97. The first kappa shape index (κ1) is 22.1. The van der Waals surface area contributed by atoms with E-state index in [4.69, 9.17) is 9.47 Å². The summed E-state index contributed by atoms with van der Waals surface area (Å²) in [4.78, 5) is 23.9. The summed E-state index contributed by atoms with van der Waals surface area (Å²) in [6, 6.07) is 12.0. The highest BCUT2D eigenvalue weighted by molar-refractivity contribution is 5.95. The van der Waals surface area contributed by atoms with E-state index in [1.54, 1.807) is 44.6 Å². The summed E-state index contributed by atoms with van der Waals surface area (Å²) in [5.74, 6) is 1.08. The van der Waals surface area contributed by atoms with E-state index in [0.717, 1.165) is 18.4 Å². The zero-order valence-electron chi connectivity index (χ0n) is 18.0. The van der Waals surface area contributed by atoms with Gasteiger partial charge in [-0.1, -0.05) is 0 Å². The van der Waals surface area contributed by atoms with Crippen LogP contribution in [0.3, 0.4) is 0 Å². The maximum atomic E-state index is 12.6. The highest BCUT2D eigenvalue weighted by Gasteiger charge is 2.18. The number of hydrazone groups is 1. The van der Waals surface area contributed by atoms with Crippen molar-refractivity contribution in [2.24, 2.45) is 5.10 Å². The Morgan fingerprint density at radius 2 is 1.77 bits per heavy atom. The van der Waals surface area contributed by atoms with Crippen molar-refractivity contribution in [1.82, 2.24) is 5.01 Å². The Labute approximate surface area is 181 Å². The largest absolute Gasteiger partial charge is 0.493 e. The molecular formula is C23H27N3O5. The Kier molecular flexibility index (Phi) is 7.48. The number of carbonyl (C=O) groups excluding carboxylic acids is 2. The van der Waals surface area contributed by atoms with E-state index < -0.39 is 6.09 Å². The van der Waals surface area contributed by atoms with Gasteiger partial charge >= 0.3 is 6.09 Å². The lowest BCUT2D eigenvalue weighted by Crippen LogP contribution is -2.21. The van der Waals surface area contributed by atoms with Crippen molar-refractivity contribution in [2.75, 3.05) is 26.6 Å². The van der Waals surface area contributed by atoms with E-state index in [1.165, 1.54) is 25.0 Å². The minimum Gasteiger partial charge on any atom is -0.493 e. The predicted octanol–water partition coefficient (Wildman–Crippen LogP) is 4.30. The van der Waals surface area contributed by atoms with Crippen LogP contribution in [0, 0.1) is 0 Å². The van der Waals surface area contributed by atoms with Crippen molar-refractivity contribution in [1.29, 1.82) is 0 Å². The van der Waals surface area contributed by atoms with Crippen LogP contribution >= 0.6 is 0 Å². The molecule has 0 bridgehead atoms. The Hall–Kier alpha value is -3.55. The first-order valence-corrected chi connectivity index (χ1v) is 10.1. The molecule has 2 amide bonds. The van der Waals surface area contributed by atoms with E-state index in [2.05, 4.69) is 15.2 Å². The summed E-state index contributed by atoms with van der Waals surface area (Å²) < 4.78 is 16.0. The second kappa shape index (κ2) is 10.5. The van der Waals surface area contributed by atoms with Crippen molar-refractivity contribution in [3.05, 3.63) is 53.6 Å². The smallest absolute Gasteiger partial charge is 0.411 e. The molecule has 8 heteroatoms. The van der Waals surface area contributed by atoms with E-state index >= 15 is 0 Å². The summed E-state index contributed by atoms with van der Waals surface area (Å²) in [6.07, 6.45) is 5.70. The van der Waals surface area contributed by atoms with Gasteiger partial charge in [-0.15, -0.1) is 0 Å². The molecule has 3 rings (SSSR count). The molecule has 0 atom stereocenters. The average Bonchev–Trinajstić information content (AvgIpc) is 3.30. The minimum atomic E-state index is -0.573.